The summed E-state index contributed by atoms with van der Waals surface area (Å²) in [7, 11) is 1.70. The third-order valence-electron chi connectivity index (χ3n) is 3.48. The molecule has 3 unspecified atom stereocenters. The molecule has 0 bridgehead atoms. The van der Waals surface area contributed by atoms with Crippen molar-refractivity contribution in [2.24, 2.45) is 0 Å². The Labute approximate surface area is 105 Å². The van der Waals surface area contributed by atoms with Gasteiger partial charge in [-0.1, -0.05) is 27.2 Å². The van der Waals surface area contributed by atoms with E-state index >= 15 is 0 Å². The minimum absolute atomic E-state index is 0.00236. The molecule has 1 saturated heterocycles. The van der Waals surface area contributed by atoms with Crippen molar-refractivity contribution in [3.05, 3.63) is 0 Å². The van der Waals surface area contributed by atoms with Crippen molar-refractivity contribution in [3.8, 4) is 0 Å². The molecule has 4 heteroatoms. The molecule has 0 aliphatic carbocycles. The number of rotatable bonds is 7. The fraction of sp³-hybridized carbons (Fsp3) is 0.923. The van der Waals surface area contributed by atoms with Gasteiger partial charge in [-0.15, -0.1) is 0 Å². The quantitative estimate of drug-likeness (QED) is 0.739. The molecule has 0 aromatic rings. The highest BCUT2D eigenvalue weighted by Crippen LogP contribution is 2.21. The molecule has 1 amide bonds. The third kappa shape index (κ3) is 3.19. The standard InChI is InChI=1S/C13H26N2O2/c1-5-8-12-14-11(7-3)13(16)15(12)10(6-2)9-17-4/h10-12,14H,5-9H2,1-4H3. The van der Waals surface area contributed by atoms with E-state index in [2.05, 4.69) is 26.1 Å². The van der Waals surface area contributed by atoms with Crippen molar-refractivity contribution in [2.45, 2.75) is 64.7 Å². The Morgan fingerprint density at radius 1 is 1.41 bits per heavy atom. The molecule has 1 rings (SSSR count). The summed E-state index contributed by atoms with van der Waals surface area (Å²) in [5.41, 5.74) is 0. The highest BCUT2D eigenvalue weighted by atomic mass is 16.5. The van der Waals surface area contributed by atoms with Crippen LogP contribution >= 0.6 is 0 Å². The Morgan fingerprint density at radius 3 is 2.59 bits per heavy atom. The van der Waals surface area contributed by atoms with Crippen LogP contribution in [0.4, 0.5) is 0 Å². The summed E-state index contributed by atoms with van der Waals surface area (Å²) in [5, 5.41) is 3.44. The van der Waals surface area contributed by atoms with Crippen LogP contribution in [0.1, 0.15) is 46.5 Å². The van der Waals surface area contributed by atoms with E-state index in [1.54, 1.807) is 7.11 Å². The van der Waals surface area contributed by atoms with Gasteiger partial charge in [0.25, 0.3) is 0 Å². The van der Waals surface area contributed by atoms with Crippen molar-refractivity contribution in [1.82, 2.24) is 10.2 Å². The first kappa shape index (κ1) is 14.5. The van der Waals surface area contributed by atoms with Gasteiger partial charge in [-0.25, -0.2) is 0 Å². The first-order valence-corrected chi connectivity index (χ1v) is 6.76. The highest BCUT2D eigenvalue weighted by Gasteiger charge is 2.40. The number of hydrogen-bond acceptors (Lipinski definition) is 3. The molecule has 100 valence electrons. The molecule has 17 heavy (non-hydrogen) atoms. The van der Waals surface area contributed by atoms with Gasteiger partial charge in [-0.05, 0) is 19.3 Å². The number of carbonyl (C=O) groups is 1. The molecule has 0 aromatic carbocycles. The molecule has 4 nitrogen and oxygen atoms in total. The average Bonchev–Trinajstić information content (AvgIpc) is 2.64. The molecule has 1 heterocycles. The molecule has 1 aliphatic rings. The van der Waals surface area contributed by atoms with E-state index in [4.69, 9.17) is 4.74 Å². The first-order chi connectivity index (χ1) is 8.19. The van der Waals surface area contributed by atoms with E-state index in [9.17, 15) is 4.79 Å². The van der Waals surface area contributed by atoms with E-state index in [1.807, 2.05) is 4.90 Å². The minimum atomic E-state index is -0.00236. The van der Waals surface area contributed by atoms with Crippen LogP contribution in [0.5, 0.6) is 0 Å². The Bertz CT molecular complexity index is 246. The SMILES string of the molecule is CCCC1NC(CC)C(=O)N1C(CC)COC. The largest absolute Gasteiger partial charge is 0.383 e. The van der Waals surface area contributed by atoms with Gasteiger partial charge in [0.15, 0.2) is 0 Å². The van der Waals surface area contributed by atoms with Gasteiger partial charge >= 0.3 is 0 Å². The summed E-state index contributed by atoms with van der Waals surface area (Å²) in [6.07, 6.45) is 4.10. The van der Waals surface area contributed by atoms with Crippen LogP contribution in [0.25, 0.3) is 0 Å². The molecule has 1 fully saturated rings. The van der Waals surface area contributed by atoms with Crippen molar-refractivity contribution < 1.29 is 9.53 Å². The van der Waals surface area contributed by atoms with Gasteiger partial charge < -0.3 is 9.64 Å². The van der Waals surface area contributed by atoms with E-state index in [0.717, 1.165) is 25.7 Å². The van der Waals surface area contributed by atoms with E-state index in [-0.39, 0.29) is 24.2 Å². The molecule has 1 N–H and O–H groups in total. The average molecular weight is 242 g/mol. The Kier molecular flexibility index (Phi) is 5.92. The van der Waals surface area contributed by atoms with Crippen LogP contribution in [-0.2, 0) is 9.53 Å². The molecule has 0 radical (unpaired) electrons. The second-order valence-electron chi connectivity index (χ2n) is 4.69. The lowest BCUT2D eigenvalue weighted by atomic mass is 10.1. The molecular weight excluding hydrogens is 216 g/mol. The van der Waals surface area contributed by atoms with Crippen LogP contribution in [0.3, 0.4) is 0 Å². The summed E-state index contributed by atoms with van der Waals surface area (Å²) in [5.74, 6) is 0.245. The van der Waals surface area contributed by atoms with Crippen molar-refractivity contribution in [2.75, 3.05) is 13.7 Å². The first-order valence-electron chi connectivity index (χ1n) is 6.76. The zero-order valence-electron chi connectivity index (χ0n) is 11.5. The maximum Gasteiger partial charge on any atom is 0.241 e. The summed E-state index contributed by atoms with van der Waals surface area (Å²) in [6, 6.07) is 0.200. The molecule has 0 saturated carbocycles. The van der Waals surface area contributed by atoms with Crippen molar-refractivity contribution in [3.63, 3.8) is 0 Å². The van der Waals surface area contributed by atoms with Crippen LogP contribution in [0.15, 0.2) is 0 Å². The van der Waals surface area contributed by atoms with Crippen molar-refractivity contribution in [1.29, 1.82) is 0 Å². The van der Waals surface area contributed by atoms with Gasteiger partial charge in [-0.3, -0.25) is 10.1 Å². The zero-order chi connectivity index (χ0) is 12.8. The molecule has 1 aliphatic heterocycles. The number of amides is 1. The fourth-order valence-corrected chi connectivity index (χ4v) is 2.53. The Hall–Kier alpha value is -0.610. The van der Waals surface area contributed by atoms with Gasteiger partial charge in [0.1, 0.15) is 0 Å². The lowest BCUT2D eigenvalue weighted by molar-refractivity contribution is -0.133. The van der Waals surface area contributed by atoms with Crippen LogP contribution in [0.2, 0.25) is 0 Å². The van der Waals surface area contributed by atoms with E-state index in [0.29, 0.717) is 6.61 Å². The van der Waals surface area contributed by atoms with Crippen molar-refractivity contribution >= 4 is 5.91 Å². The number of carbonyl (C=O) groups excluding carboxylic acids is 1. The maximum absolute atomic E-state index is 12.3. The monoisotopic (exact) mass is 242 g/mol. The number of methoxy groups -OCH3 is 1. The van der Waals surface area contributed by atoms with Crippen LogP contribution in [0, 0.1) is 0 Å². The zero-order valence-corrected chi connectivity index (χ0v) is 11.5. The number of hydrogen-bond donors (Lipinski definition) is 1. The van der Waals surface area contributed by atoms with E-state index < -0.39 is 0 Å². The third-order valence-corrected chi connectivity index (χ3v) is 3.48. The molecule has 0 spiro atoms. The van der Waals surface area contributed by atoms with Gasteiger partial charge in [0, 0.05) is 7.11 Å². The Balaban J connectivity index is 2.78. The Morgan fingerprint density at radius 2 is 2.12 bits per heavy atom. The summed E-state index contributed by atoms with van der Waals surface area (Å²) in [6.45, 7) is 6.94. The molecule has 0 aromatic heterocycles. The number of ether oxygens (including phenoxy) is 1. The molecular formula is C13H26N2O2. The second kappa shape index (κ2) is 6.97. The number of nitrogens with zero attached hydrogens (tertiary/aromatic N) is 1. The molecule has 3 atom stereocenters. The maximum atomic E-state index is 12.3. The lowest BCUT2D eigenvalue weighted by Gasteiger charge is -2.31. The lowest BCUT2D eigenvalue weighted by Crippen LogP contribution is -2.46. The second-order valence-corrected chi connectivity index (χ2v) is 4.69. The van der Waals surface area contributed by atoms with Crippen LogP contribution in [-0.4, -0.2) is 42.8 Å². The summed E-state index contributed by atoms with van der Waals surface area (Å²) < 4.78 is 5.23. The van der Waals surface area contributed by atoms with Gasteiger partial charge in [0.05, 0.1) is 24.9 Å². The topological polar surface area (TPSA) is 41.6 Å². The normalized spacial score (nSPS) is 26.6. The summed E-state index contributed by atoms with van der Waals surface area (Å²) in [4.78, 5) is 14.3. The predicted octanol–water partition coefficient (Wildman–Crippen LogP) is 1.75. The van der Waals surface area contributed by atoms with Gasteiger partial charge in [-0.2, -0.15) is 0 Å². The number of nitrogens with one attached hydrogen (secondary N) is 1. The highest BCUT2D eigenvalue weighted by molar-refractivity contribution is 5.84. The van der Waals surface area contributed by atoms with E-state index in [1.165, 1.54) is 0 Å². The van der Waals surface area contributed by atoms with Gasteiger partial charge in [0.2, 0.25) is 5.91 Å². The predicted molar refractivity (Wildman–Crippen MR) is 68.7 cm³/mol. The summed E-state index contributed by atoms with van der Waals surface area (Å²) >= 11 is 0. The minimum Gasteiger partial charge on any atom is -0.383 e. The fourth-order valence-electron chi connectivity index (χ4n) is 2.53. The smallest absolute Gasteiger partial charge is 0.241 e. The van der Waals surface area contributed by atoms with Crippen LogP contribution < -0.4 is 5.32 Å².